The van der Waals surface area contributed by atoms with E-state index in [4.69, 9.17) is 19.8 Å². The lowest BCUT2D eigenvalue weighted by atomic mass is 10.0. The Bertz CT molecular complexity index is 979. The van der Waals surface area contributed by atoms with E-state index in [1.165, 1.54) is 11.3 Å². The summed E-state index contributed by atoms with van der Waals surface area (Å²) >= 11 is 1.54. The number of nitrogens with zero attached hydrogens (tertiary/aromatic N) is 3. The average molecular weight is 541 g/mol. The Hall–Kier alpha value is -3.20. The third kappa shape index (κ3) is 8.78. The predicted molar refractivity (Wildman–Crippen MR) is 114 cm³/mol. The fraction of sp³-hybridized carbons (Fsp3) is 0.429. The van der Waals surface area contributed by atoms with Gasteiger partial charge >= 0.3 is 24.3 Å². The van der Waals surface area contributed by atoms with Gasteiger partial charge in [-0.25, -0.2) is 9.59 Å². The van der Waals surface area contributed by atoms with Crippen LogP contribution in [-0.2, 0) is 16.1 Å². The minimum atomic E-state index is -5.08. The first kappa shape index (κ1) is 29.0. The molecule has 0 saturated carbocycles. The molecule has 2 unspecified atom stereocenters. The fourth-order valence-electron chi connectivity index (χ4n) is 3.66. The number of carboxylic acid groups (broad SMARTS) is 2. The van der Waals surface area contributed by atoms with Crippen LogP contribution in [0.25, 0.3) is 0 Å². The molecule has 0 aliphatic carbocycles. The van der Waals surface area contributed by atoms with E-state index in [1.54, 1.807) is 0 Å². The van der Waals surface area contributed by atoms with Crippen molar-refractivity contribution in [3.63, 3.8) is 0 Å². The zero-order valence-corrected chi connectivity index (χ0v) is 19.2. The van der Waals surface area contributed by atoms with Crippen LogP contribution in [0.3, 0.4) is 0 Å². The van der Waals surface area contributed by atoms with E-state index in [9.17, 15) is 31.1 Å². The molecule has 0 radical (unpaired) electrons. The lowest BCUT2D eigenvalue weighted by Crippen LogP contribution is -2.32. The molecule has 8 nitrogen and oxygen atoms in total. The molecule has 0 aromatic carbocycles. The highest BCUT2D eigenvalue weighted by atomic mass is 32.1. The second-order valence-electron chi connectivity index (χ2n) is 7.83. The van der Waals surface area contributed by atoms with E-state index in [-0.39, 0.29) is 5.91 Å². The zero-order valence-electron chi connectivity index (χ0n) is 18.4. The van der Waals surface area contributed by atoms with Gasteiger partial charge in [0, 0.05) is 38.9 Å². The van der Waals surface area contributed by atoms with Gasteiger partial charge in [0.25, 0.3) is 5.91 Å². The maximum absolute atomic E-state index is 12.4. The van der Waals surface area contributed by atoms with Crippen molar-refractivity contribution in [2.45, 2.75) is 18.9 Å². The number of carboxylic acids is 2. The number of thiophene rings is 1. The van der Waals surface area contributed by atoms with Crippen molar-refractivity contribution in [1.82, 2.24) is 14.8 Å². The zero-order chi connectivity index (χ0) is 27.1. The Balaban J connectivity index is 0.000000271. The lowest BCUT2D eigenvalue weighted by Gasteiger charge is -2.21. The molecular formula is C21H21F6N3O5S. The van der Waals surface area contributed by atoms with Crippen LogP contribution in [0.15, 0.2) is 41.9 Å². The van der Waals surface area contributed by atoms with Crippen molar-refractivity contribution in [1.29, 1.82) is 0 Å². The van der Waals surface area contributed by atoms with Gasteiger partial charge in [-0.2, -0.15) is 26.3 Å². The molecule has 36 heavy (non-hydrogen) atoms. The summed E-state index contributed by atoms with van der Waals surface area (Å²) in [7, 11) is 0. The van der Waals surface area contributed by atoms with Gasteiger partial charge in [-0.05, 0) is 35.4 Å². The standard InChI is InChI=1S/C17H19N3OS.2C2HF3O2/c21-17(16-5-3-7-22-16)20-10-13-8-19(9-14(13)11-20)12-15-4-1-2-6-18-15;2*3-2(4,5)1(6)7/h1-7,13-14H,8-12H2;2*(H,6,7). The highest BCUT2D eigenvalue weighted by Gasteiger charge is 2.42. The number of aromatic nitrogens is 1. The quantitative estimate of drug-likeness (QED) is 0.572. The molecule has 2 aromatic heterocycles. The molecule has 2 aliphatic rings. The van der Waals surface area contributed by atoms with E-state index in [2.05, 4.69) is 16.0 Å². The number of aliphatic carboxylic acids is 2. The highest BCUT2D eigenvalue weighted by molar-refractivity contribution is 7.12. The molecule has 0 bridgehead atoms. The monoisotopic (exact) mass is 541 g/mol. The minimum absolute atomic E-state index is 0.209. The largest absolute Gasteiger partial charge is 0.490 e. The Kier molecular flexibility index (Phi) is 9.81. The van der Waals surface area contributed by atoms with Gasteiger partial charge in [0.2, 0.25) is 0 Å². The molecule has 2 fully saturated rings. The molecule has 2 saturated heterocycles. The number of carbonyl (C=O) groups excluding carboxylic acids is 1. The summed E-state index contributed by atoms with van der Waals surface area (Å²) in [4.78, 5) is 40.0. The average Bonchev–Trinajstić information content (AvgIpc) is 3.50. The topological polar surface area (TPSA) is 111 Å². The number of rotatable bonds is 3. The first-order valence-electron chi connectivity index (χ1n) is 10.2. The minimum Gasteiger partial charge on any atom is -0.475 e. The second kappa shape index (κ2) is 12.2. The van der Waals surface area contributed by atoms with E-state index < -0.39 is 24.3 Å². The molecule has 2 atom stereocenters. The number of fused-ring (bicyclic) bond motifs is 1. The van der Waals surface area contributed by atoms with Crippen LogP contribution in [0.2, 0.25) is 0 Å². The van der Waals surface area contributed by atoms with Crippen LogP contribution in [0, 0.1) is 11.8 Å². The van der Waals surface area contributed by atoms with Crippen molar-refractivity contribution < 1.29 is 50.9 Å². The number of pyridine rings is 1. The van der Waals surface area contributed by atoms with Crippen LogP contribution < -0.4 is 0 Å². The summed E-state index contributed by atoms with van der Waals surface area (Å²) in [5, 5.41) is 16.2. The van der Waals surface area contributed by atoms with Crippen molar-refractivity contribution in [3.05, 3.63) is 52.5 Å². The summed E-state index contributed by atoms with van der Waals surface area (Å²) in [6, 6.07) is 9.95. The third-order valence-corrected chi connectivity index (χ3v) is 6.04. The molecule has 0 spiro atoms. The molecule has 198 valence electrons. The first-order valence-corrected chi connectivity index (χ1v) is 11.1. The smallest absolute Gasteiger partial charge is 0.475 e. The third-order valence-electron chi connectivity index (χ3n) is 5.18. The Morgan fingerprint density at radius 3 is 1.81 bits per heavy atom. The number of amides is 1. The van der Waals surface area contributed by atoms with E-state index in [0.29, 0.717) is 11.8 Å². The molecular weight excluding hydrogens is 520 g/mol. The number of halogens is 6. The van der Waals surface area contributed by atoms with E-state index >= 15 is 0 Å². The number of hydrogen-bond donors (Lipinski definition) is 2. The molecule has 1 amide bonds. The van der Waals surface area contributed by atoms with Crippen LogP contribution in [0.5, 0.6) is 0 Å². The summed E-state index contributed by atoms with van der Waals surface area (Å²) in [6.45, 7) is 4.89. The highest BCUT2D eigenvalue weighted by Crippen LogP contribution is 2.32. The van der Waals surface area contributed by atoms with Gasteiger partial charge in [0.15, 0.2) is 0 Å². The molecule has 4 heterocycles. The van der Waals surface area contributed by atoms with Crippen molar-refractivity contribution in [2.75, 3.05) is 26.2 Å². The van der Waals surface area contributed by atoms with Gasteiger partial charge in [0.1, 0.15) is 0 Å². The van der Waals surface area contributed by atoms with Crippen molar-refractivity contribution >= 4 is 29.2 Å². The van der Waals surface area contributed by atoms with Gasteiger partial charge in [0.05, 0.1) is 10.6 Å². The van der Waals surface area contributed by atoms with Crippen molar-refractivity contribution in [2.24, 2.45) is 11.8 Å². The van der Waals surface area contributed by atoms with E-state index in [0.717, 1.165) is 43.3 Å². The SMILES string of the molecule is O=C(O)C(F)(F)F.O=C(O)C(F)(F)F.O=C(c1cccs1)N1CC2CN(Cc3ccccn3)CC2C1. The Labute approximate surface area is 204 Å². The van der Waals surface area contributed by atoms with Crippen LogP contribution in [0.1, 0.15) is 15.4 Å². The Morgan fingerprint density at radius 1 is 0.889 bits per heavy atom. The molecule has 15 heteroatoms. The van der Waals surface area contributed by atoms with Gasteiger partial charge < -0.3 is 15.1 Å². The summed E-state index contributed by atoms with van der Waals surface area (Å²) in [5.41, 5.74) is 1.13. The predicted octanol–water partition coefficient (Wildman–Crippen LogP) is 3.61. The van der Waals surface area contributed by atoms with Gasteiger partial charge in [-0.1, -0.05) is 12.1 Å². The maximum atomic E-state index is 12.4. The van der Waals surface area contributed by atoms with Crippen molar-refractivity contribution in [3.8, 4) is 0 Å². The van der Waals surface area contributed by atoms with Gasteiger partial charge in [-0.15, -0.1) is 11.3 Å². The number of carbonyl (C=O) groups is 3. The van der Waals surface area contributed by atoms with E-state index in [1.807, 2.05) is 40.7 Å². The maximum Gasteiger partial charge on any atom is 0.490 e. The number of hydrogen-bond acceptors (Lipinski definition) is 6. The first-order chi connectivity index (χ1) is 16.7. The van der Waals surface area contributed by atoms with Crippen LogP contribution >= 0.6 is 11.3 Å². The van der Waals surface area contributed by atoms with Crippen LogP contribution in [-0.4, -0.2) is 81.4 Å². The fourth-order valence-corrected chi connectivity index (χ4v) is 4.35. The molecule has 4 rings (SSSR count). The molecule has 2 aliphatic heterocycles. The normalized spacial score (nSPS) is 19.4. The number of likely N-dealkylation sites (tertiary alicyclic amines) is 2. The summed E-state index contributed by atoms with van der Waals surface area (Å²) < 4.78 is 63.5. The summed E-state index contributed by atoms with van der Waals surface area (Å²) in [6.07, 6.45) is -8.31. The second-order valence-corrected chi connectivity index (χ2v) is 8.78. The molecule has 2 aromatic rings. The molecule has 2 N–H and O–H groups in total. The summed E-state index contributed by atoms with van der Waals surface area (Å²) in [5.74, 6) is -4.07. The van der Waals surface area contributed by atoms with Crippen LogP contribution in [0.4, 0.5) is 26.3 Å². The number of alkyl halides is 6. The lowest BCUT2D eigenvalue weighted by molar-refractivity contribution is -0.193. The Morgan fingerprint density at radius 2 is 1.42 bits per heavy atom. The van der Waals surface area contributed by atoms with Gasteiger partial charge in [-0.3, -0.25) is 14.7 Å².